The largest absolute Gasteiger partial charge is 0.454 e. The van der Waals surface area contributed by atoms with Gasteiger partial charge in [0.25, 0.3) is 0 Å². The van der Waals surface area contributed by atoms with Crippen LogP contribution in [0.2, 0.25) is 5.02 Å². The van der Waals surface area contributed by atoms with Crippen LogP contribution in [0.5, 0.6) is 11.5 Å². The summed E-state index contributed by atoms with van der Waals surface area (Å²) in [6.45, 7) is 0.981. The molecule has 0 unspecified atom stereocenters. The predicted molar refractivity (Wildman–Crippen MR) is 66.8 cm³/mol. The van der Waals surface area contributed by atoms with Crippen LogP contribution in [0, 0.1) is 0 Å². The Hall–Kier alpha value is -0.930. The number of rotatable bonds is 3. The summed E-state index contributed by atoms with van der Waals surface area (Å²) in [6.07, 6.45) is 4.68. The molecule has 0 atom stereocenters. The van der Waals surface area contributed by atoms with Crippen LogP contribution in [0.4, 0.5) is 0 Å². The summed E-state index contributed by atoms with van der Waals surface area (Å²) in [6, 6.07) is 4.09. The molecule has 1 heterocycles. The Bertz CT molecular complexity index is 443. The molecule has 1 saturated carbocycles. The van der Waals surface area contributed by atoms with E-state index in [4.69, 9.17) is 26.8 Å². The van der Waals surface area contributed by atoms with E-state index in [2.05, 4.69) is 6.07 Å². The van der Waals surface area contributed by atoms with E-state index >= 15 is 0 Å². The molecule has 0 saturated heterocycles. The summed E-state index contributed by atoms with van der Waals surface area (Å²) in [4.78, 5) is 0. The van der Waals surface area contributed by atoms with Crippen LogP contribution >= 0.6 is 11.6 Å². The third kappa shape index (κ3) is 1.69. The zero-order valence-corrected chi connectivity index (χ0v) is 10.4. The zero-order chi connectivity index (χ0) is 11.9. The number of nitrogens with two attached hydrogens (primary N) is 1. The first kappa shape index (κ1) is 11.2. The van der Waals surface area contributed by atoms with Crippen LogP contribution in [-0.2, 0) is 5.41 Å². The molecule has 2 N–H and O–H groups in total. The first-order valence-electron chi connectivity index (χ1n) is 6.05. The van der Waals surface area contributed by atoms with E-state index < -0.39 is 0 Å². The minimum absolute atomic E-state index is 0.222. The average Bonchev–Trinajstić information content (AvgIpc) is 2.71. The highest BCUT2D eigenvalue weighted by atomic mass is 35.5. The fraction of sp³-hybridized carbons (Fsp3) is 0.538. The van der Waals surface area contributed by atoms with Gasteiger partial charge in [-0.25, -0.2) is 0 Å². The van der Waals surface area contributed by atoms with Crippen LogP contribution in [0.3, 0.4) is 0 Å². The molecule has 1 aliphatic carbocycles. The number of halogens is 1. The minimum atomic E-state index is 0.222. The summed E-state index contributed by atoms with van der Waals surface area (Å²) in [5.41, 5.74) is 7.20. The maximum Gasteiger partial charge on any atom is 0.231 e. The Labute approximate surface area is 106 Å². The Balaban J connectivity index is 2.00. The molecule has 1 aliphatic heterocycles. The molecular formula is C13H16ClNO2. The summed E-state index contributed by atoms with van der Waals surface area (Å²) in [5, 5.41) is 0.651. The third-order valence-electron chi connectivity index (χ3n) is 3.97. The van der Waals surface area contributed by atoms with Crippen LogP contribution < -0.4 is 15.2 Å². The van der Waals surface area contributed by atoms with Crippen LogP contribution in [0.15, 0.2) is 12.1 Å². The van der Waals surface area contributed by atoms with Gasteiger partial charge < -0.3 is 15.2 Å². The van der Waals surface area contributed by atoms with Gasteiger partial charge in [-0.15, -0.1) is 0 Å². The molecule has 0 bridgehead atoms. The average molecular weight is 254 g/mol. The van der Waals surface area contributed by atoms with Gasteiger partial charge in [0.2, 0.25) is 6.79 Å². The highest BCUT2D eigenvalue weighted by molar-refractivity contribution is 6.32. The number of fused-ring (bicyclic) bond motifs is 1. The SMILES string of the molecule is NCCC1(c2cc(Cl)c3c(c2)OCO3)CCC1. The lowest BCUT2D eigenvalue weighted by Crippen LogP contribution is -2.36. The van der Waals surface area contributed by atoms with E-state index in [1.165, 1.54) is 24.8 Å². The Morgan fingerprint density at radius 1 is 1.29 bits per heavy atom. The van der Waals surface area contributed by atoms with Crippen LogP contribution in [0.1, 0.15) is 31.2 Å². The molecule has 2 aliphatic rings. The summed E-state index contributed by atoms with van der Waals surface area (Å²) in [5.74, 6) is 1.45. The van der Waals surface area contributed by atoms with Crippen molar-refractivity contribution in [1.82, 2.24) is 0 Å². The smallest absolute Gasteiger partial charge is 0.231 e. The summed E-state index contributed by atoms with van der Waals surface area (Å²) in [7, 11) is 0. The van der Waals surface area contributed by atoms with Gasteiger partial charge in [0.05, 0.1) is 5.02 Å². The Morgan fingerprint density at radius 2 is 2.12 bits per heavy atom. The second-order valence-electron chi connectivity index (χ2n) is 4.86. The molecule has 4 heteroatoms. The standard InChI is InChI=1S/C13H16ClNO2/c14-10-6-9(7-11-12(10)17-8-16-11)13(4-5-15)2-1-3-13/h6-7H,1-5,8,15H2. The summed E-state index contributed by atoms with van der Waals surface area (Å²) < 4.78 is 10.8. The monoisotopic (exact) mass is 253 g/mol. The van der Waals surface area contributed by atoms with Crippen LogP contribution in [0.25, 0.3) is 0 Å². The molecule has 0 amide bonds. The van der Waals surface area contributed by atoms with Gasteiger partial charge in [-0.3, -0.25) is 0 Å². The lowest BCUT2D eigenvalue weighted by Gasteiger charge is -2.42. The Kier molecular flexibility index (Phi) is 2.68. The molecular weight excluding hydrogens is 238 g/mol. The first-order chi connectivity index (χ1) is 8.25. The molecule has 1 aromatic rings. The van der Waals surface area contributed by atoms with E-state index in [1.807, 2.05) is 6.07 Å². The molecule has 0 radical (unpaired) electrons. The number of hydrogen-bond donors (Lipinski definition) is 1. The van der Waals surface area contributed by atoms with Crippen molar-refractivity contribution < 1.29 is 9.47 Å². The zero-order valence-electron chi connectivity index (χ0n) is 9.67. The predicted octanol–water partition coefficient (Wildman–Crippen LogP) is 2.84. The van der Waals surface area contributed by atoms with Crippen molar-refractivity contribution in [2.75, 3.05) is 13.3 Å². The molecule has 92 valence electrons. The van der Waals surface area contributed by atoms with Gasteiger partial charge in [-0.1, -0.05) is 18.0 Å². The van der Waals surface area contributed by atoms with E-state index in [1.54, 1.807) is 0 Å². The van der Waals surface area contributed by atoms with Crippen molar-refractivity contribution in [3.05, 3.63) is 22.7 Å². The van der Waals surface area contributed by atoms with Gasteiger partial charge in [0, 0.05) is 0 Å². The van der Waals surface area contributed by atoms with Crippen molar-refractivity contribution in [1.29, 1.82) is 0 Å². The fourth-order valence-electron chi connectivity index (χ4n) is 2.84. The summed E-state index contributed by atoms with van der Waals surface area (Å²) >= 11 is 6.23. The molecule has 1 aromatic carbocycles. The minimum Gasteiger partial charge on any atom is -0.454 e. The van der Waals surface area contributed by atoms with Crippen molar-refractivity contribution in [3.63, 3.8) is 0 Å². The van der Waals surface area contributed by atoms with E-state index in [9.17, 15) is 0 Å². The van der Waals surface area contributed by atoms with Crippen molar-refractivity contribution in [3.8, 4) is 11.5 Å². The molecule has 3 rings (SSSR count). The second-order valence-corrected chi connectivity index (χ2v) is 5.27. The topological polar surface area (TPSA) is 44.5 Å². The quantitative estimate of drug-likeness (QED) is 0.901. The van der Waals surface area contributed by atoms with E-state index in [-0.39, 0.29) is 12.2 Å². The fourth-order valence-corrected chi connectivity index (χ4v) is 3.10. The maximum atomic E-state index is 6.23. The molecule has 0 aromatic heterocycles. The highest BCUT2D eigenvalue weighted by Gasteiger charge is 2.39. The van der Waals surface area contributed by atoms with Crippen molar-refractivity contribution >= 4 is 11.6 Å². The molecule has 3 nitrogen and oxygen atoms in total. The molecule has 17 heavy (non-hydrogen) atoms. The Morgan fingerprint density at radius 3 is 2.76 bits per heavy atom. The van der Waals surface area contributed by atoms with E-state index in [0.717, 1.165) is 12.2 Å². The first-order valence-corrected chi connectivity index (χ1v) is 6.43. The van der Waals surface area contributed by atoms with E-state index in [0.29, 0.717) is 17.3 Å². The molecule has 0 spiro atoms. The van der Waals surface area contributed by atoms with Crippen molar-refractivity contribution in [2.45, 2.75) is 31.1 Å². The number of benzene rings is 1. The number of hydrogen-bond acceptors (Lipinski definition) is 3. The highest BCUT2D eigenvalue weighted by Crippen LogP contribution is 2.50. The van der Waals surface area contributed by atoms with Gasteiger partial charge in [0.15, 0.2) is 11.5 Å². The lowest BCUT2D eigenvalue weighted by atomic mass is 9.62. The normalized spacial score (nSPS) is 20.1. The van der Waals surface area contributed by atoms with Crippen LogP contribution in [-0.4, -0.2) is 13.3 Å². The second kappa shape index (κ2) is 4.07. The van der Waals surface area contributed by atoms with Gasteiger partial charge >= 0.3 is 0 Å². The van der Waals surface area contributed by atoms with Gasteiger partial charge in [-0.05, 0) is 48.9 Å². The van der Waals surface area contributed by atoms with Gasteiger partial charge in [-0.2, -0.15) is 0 Å². The number of ether oxygens (including phenoxy) is 2. The lowest BCUT2D eigenvalue weighted by molar-refractivity contribution is 0.173. The molecule has 1 fully saturated rings. The van der Waals surface area contributed by atoms with Crippen molar-refractivity contribution in [2.24, 2.45) is 5.73 Å². The van der Waals surface area contributed by atoms with Gasteiger partial charge in [0.1, 0.15) is 0 Å². The third-order valence-corrected chi connectivity index (χ3v) is 4.25. The maximum absolute atomic E-state index is 6.23.